The van der Waals surface area contributed by atoms with Gasteiger partial charge in [-0.05, 0) is 12.1 Å². The third-order valence-electron chi connectivity index (χ3n) is 2.36. The first-order valence-corrected chi connectivity index (χ1v) is 6.07. The van der Waals surface area contributed by atoms with E-state index >= 15 is 0 Å². The maximum Gasteiger partial charge on any atom is 0.142 e. The van der Waals surface area contributed by atoms with Crippen molar-refractivity contribution >= 4 is 23.2 Å². The topological polar surface area (TPSA) is 22.1 Å². The van der Waals surface area contributed by atoms with Crippen molar-refractivity contribution in [2.24, 2.45) is 0 Å². The predicted octanol–water partition coefficient (Wildman–Crippen LogP) is 4.05. The molecule has 0 aliphatic rings. The van der Waals surface area contributed by atoms with Crippen molar-refractivity contribution in [1.29, 1.82) is 0 Å². The van der Waals surface area contributed by atoms with E-state index in [0.717, 1.165) is 11.1 Å². The summed E-state index contributed by atoms with van der Waals surface area (Å²) in [4.78, 5) is 4.01. The molecule has 0 spiro atoms. The summed E-state index contributed by atoms with van der Waals surface area (Å²) in [6.07, 6.45) is 3.36. The Morgan fingerprint density at radius 2 is 1.94 bits per heavy atom. The molecule has 4 heteroatoms. The maximum atomic E-state index is 6.04. The monoisotopic (exact) mass is 267 g/mol. The molecule has 2 rings (SSSR count). The number of ether oxygens (including phenoxy) is 1. The molecular weight excluding hydrogens is 257 g/mol. The summed E-state index contributed by atoms with van der Waals surface area (Å²) >= 11 is 11.9. The van der Waals surface area contributed by atoms with Gasteiger partial charge in [0.2, 0.25) is 0 Å². The van der Waals surface area contributed by atoms with Gasteiger partial charge >= 0.3 is 0 Å². The molecule has 0 saturated carbocycles. The Morgan fingerprint density at radius 1 is 1.12 bits per heavy atom. The minimum atomic E-state index is 0.403. The molecule has 0 radical (unpaired) electrons. The van der Waals surface area contributed by atoms with Crippen molar-refractivity contribution in [3.63, 3.8) is 0 Å². The molecule has 0 amide bonds. The van der Waals surface area contributed by atoms with E-state index in [4.69, 9.17) is 27.9 Å². The van der Waals surface area contributed by atoms with Crippen LogP contribution in [0.3, 0.4) is 0 Å². The highest BCUT2D eigenvalue weighted by Gasteiger charge is 2.04. The SMILES string of the molecule is ClCc1ccncc1OCc1ccccc1Cl. The van der Waals surface area contributed by atoms with Crippen molar-refractivity contribution < 1.29 is 4.74 Å². The van der Waals surface area contributed by atoms with Crippen molar-refractivity contribution in [3.8, 4) is 5.75 Å². The minimum absolute atomic E-state index is 0.403. The summed E-state index contributed by atoms with van der Waals surface area (Å²) in [7, 11) is 0. The van der Waals surface area contributed by atoms with Gasteiger partial charge in [0.1, 0.15) is 12.4 Å². The Labute approximate surface area is 110 Å². The molecule has 1 aromatic carbocycles. The smallest absolute Gasteiger partial charge is 0.142 e. The molecule has 0 saturated heterocycles. The highest BCUT2D eigenvalue weighted by atomic mass is 35.5. The first-order chi connectivity index (χ1) is 8.31. The van der Waals surface area contributed by atoms with Crippen LogP contribution in [-0.4, -0.2) is 4.98 Å². The number of alkyl halides is 1. The van der Waals surface area contributed by atoms with Crippen LogP contribution in [-0.2, 0) is 12.5 Å². The van der Waals surface area contributed by atoms with Gasteiger partial charge in [-0.1, -0.05) is 29.8 Å². The summed E-state index contributed by atoms with van der Waals surface area (Å²) in [6.45, 7) is 0.412. The Bertz CT molecular complexity index is 502. The molecule has 2 nitrogen and oxygen atoms in total. The summed E-state index contributed by atoms with van der Waals surface area (Å²) in [5.41, 5.74) is 1.87. The number of hydrogen-bond donors (Lipinski definition) is 0. The van der Waals surface area contributed by atoms with E-state index in [2.05, 4.69) is 4.98 Å². The van der Waals surface area contributed by atoms with Crippen molar-refractivity contribution in [2.45, 2.75) is 12.5 Å². The van der Waals surface area contributed by atoms with Crippen LogP contribution in [0.25, 0.3) is 0 Å². The number of hydrogen-bond acceptors (Lipinski definition) is 2. The van der Waals surface area contributed by atoms with Gasteiger partial charge in [0.25, 0.3) is 0 Å². The zero-order valence-electron chi connectivity index (χ0n) is 9.07. The number of rotatable bonds is 4. The van der Waals surface area contributed by atoms with Crippen molar-refractivity contribution in [2.75, 3.05) is 0 Å². The molecule has 1 aromatic heterocycles. The Kier molecular flexibility index (Phi) is 4.24. The summed E-state index contributed by atoms with van der Waals surface area (Å²) in [6, 6.07) is 9.43. The third-order valence-corrected chi connectivity index (χ3v) is 3.01. The van der Waals surface area contributed by atoms with Crippen LogP contribution < -0.4 is 4.74 Å². The highest BCUT2D eigenvalue weighted by molar-refractivity contribution is 6.31. The number of benzene rings is 1. The zero-order chi connectivity index (χ0) is 12.1. The molecule has 0 N–H and O–H groups in total. The van der Waals surface area contributed by atoms with E-state index < -0.39 is 0 Å². The molecule has 1 heterocycles. The number of pyridine rings is 1. The fraction of sp³-hybridized carbons (Fsp3) is 0.154. The van der Waals surface area contributed by atoms with Crippen LogP contribution in [0.2, 0.25) is 5.02 Å². The standard InChI is InChI=1S/C13H11Cl2NO/c14-7-10-5-6-16-8-13(10)17-9-11-3-1-2-4-12(11)15/h1-6,8H,7,9H2. The molecule has 0 fully saturated rings. The second-order valence-corrected chi connectivity index (χ2v) is 4.17. The molecule has 0 unspecified atom stereocenters. The van der Waals surface area contributed by atoms with Gasteiger partial charge in [-0.3, -0.25) is 4.98 Å². The van der Waals surface area contributed by atoms with Crippen molar-refractivity contribution in [3.05, 3.63) is 58.9 Å². The van der Waals surface area contributed by atoms with Crippen LogP contribution in [0.1, 0.15) is 11.1 Å². The van der Waals surface area contributed by atoms with Crippen LogP contribution in [0, 0.1) is 0 Å². The quantitative estimate of drug-likeness (QED) is 0.780. The fourth-order valence-electron chi connectivity index (χ4n) is 1.42. The van der Waals surface area contributed by atoms with Gasteiger partial charge in [-0.25, -0.2) is 0 Å². The van der Waals surface area contributed by atoms with Gasteiger partial charge in [0.05, 0.1) is 12.1 Å². The van der Waals surface area contributed by atoms with E-state index in [1.165, 1.54) is 0 Å². The second kappa shape index (κ2) is 5.89. The lowest BCUT2D eigenvalue weighted by Gasteiger charge is -2.10. The van der Waals surface area contributed by atoms with Crippen LogP contribution in [0.4, 0.5) is 0 Å². The van der Waals surface area contributed by atoms with Gasteiger partial charge in [-0.2, -0.15) is 0 Å². The lowest BCUT2D eigenvalue weighted by Crippen LogP contribution is -1.98. The number of halogens is 2. The average Bonchev–Trinajstić information content (AvgIpc) is 2.38. The molecule has 17 heavy (non-hydrogen) atoms. The molecular formula is C13H11Cl2NO. The molecule has 2 aromatic rings. The number of aromatic nitrogens is 1. The lowest BCUT2D eigenvalue weighted by molar-refractivity contribution is 0.302. The summed E-state index contributed by atoms with van der Waals surface area (Å²) in [5, 5.41) is 0.698. The third kappa shape index (κ3) is 3.11. The number of nitrogens with zero attached hydrogens (tertiary/aromatic N) is 1. The summed E-state index contributed by atoms with van der Waals surface area (Å²) < 4.78 is 5.66. The van der Waals surface area contributed by atoms with Crippen LogP contribution in [0.5, 0.6) is 5.75 Å². The molecule has 0 atom stereocenters. The van der Waals surface area contributed by atoms with Gasteiger partial charge < -0.3 is 4.74 Å². The Hall–Kier alpha value is -1.25. The van der Waals surface area contributed by atoms with E-state index in [0.29, 0.717) is 23.3 Å². The molecule has 0 aliphatic heterocycles. The van der Waals surface area contributed by atoms with Crippen LogP contribution >= 0.6 is 23.2 Å². The summed E-state index contributed by atoms with van der Waals surface area (Å²) in [5.74, 6) is 1.10. The first kappa shape index (κ1) is 12.2. The zero-order valence-corrected chi connectivity index (χ0v) is 10.6. The Morgan fingerprint density at radius 3 is 2.71 bits per heavy atom. The largest absolute Gasteiger partial charge is 0.487 e. The van der Waals surface area contributed by atoms with Gasteiger partial charge in [-0.15, -0.1) is 11.6 Å². The minimum Gasteiger partial charge on any atom is -0.487 e. The second-order valence-electron chi connectivity index (χ2n) is 3.50. The molecule has 0 bridgehead atoms. The molecule has 88 valence electrons. The Balaban J connectivity index is 2.10. The average molecular weight is 268 g/mol. The van der Waals surface area contributed by atoms with E-state index in [1.54, 1.807) is 12.4 Å². The van der Waals surface area contributed by atoms with E-state index in [9.17, 15) is 0 Å². The normalized spacial score (nSPS) is 10.2. The highest BCUT2D eigenvalue weighted by Crippen LogP contribution is 2.22. The van der Waals surface area contributed by atoms with E-state index in [1.807, 2.05) is 30.3 Å². The lowest BCUT2D eigenvalue weighted by atomic mass is 10.2. The van der Waals surface area contributed by atoms with Gasteiger partial charge in [0, 0.05) is 22.3 Å². The fourth-order valence-corrected chi connectivity index (χ4v) is 1.83. The first-order valence-electron chi connectivity index (χ1n) is 5.16. The van der Waals surface area contributed by atoms with E-state index in [-0.39, 0.29) is 0 Å². The molecule has 0 aliphatic carbocycles. The predicted molar refractivity (Wildman–Crippen MR) is 69.6 cm³/mol. The maximum absolute atomic E-state index is 6.04. The van der Waals surface area contributed by atoms with Crippen molar-refractivity contribution in [1.82, 2.24) is 4.98 Å². The van der Waals surface area contributed by atoms with Crippen LogP contribution in [0.15, 0.2) is 42.7 Å². The van der Waals surface area contributed by atoms with Gasteiger partial charge in [0.15, 0.2) is 0 Å².